The van der Waals surface area contributed by atoms with E-state index in [1.807, 2.05) is 6.92 Å². The number of morpholine rings is 1. The van der Waals surface area contributed by atoms with Gasteiger partial charge in [-0.3, -0.25) is 4.79 Å². The summed E-state index contributed by atoms with van der Waals surface area (Å²) < 4.78 is 38.8. The molecule has 0 radical (unpaired) electrons. The van der Waals surface area contributed by atoms with Crippen LogP contribution in [0.1, 0.15) is 51.9 Å². The quantitative estimate of drug-likeness (QED) is 0.690. The van der Waals surface area contributed by atoms with E-state index in [4.69, 9.17) is 9.47 Å². The topological polar surface area (TPSA) is 62.3 Å². The van der Waals surface area contributed by atoms with Crippen LogP contribution in [0.3, 0.4) is 0 Å². The van der Waals surface area contributed by atoms with Crippen molar-refractivity contribution in [3.63, 3.8) is 0 Å². The molecule has 4 aliphatic rings. The van der Waals surface area contributed by atoms with Gasteiger partial charge >= 0.3 is 6.09 Å². The van der Waals surface area contributed by atoms with Crippen LogP contribution >= 0.6 is 0 Å². The smallest absolute Gasteiger partial charge is 0.409 e. The lowest BCUT2D eigenvalue weighted by molar-refractivity contribution is -0.183. The van der Waals surface area contributed by atoms with E-state index >= 15 is 0 Å². The molecule has 0 aromatic heterocycles. The number of nitrogens with zero attached hydrogens (tertiary/aromatic N) is 3. The molecule has 9 heteroatoms. The van der Waals surface area contributed by atoms with Crippen LogP contribution in [0, 0.1) is 0 Å². The van der Waals surface area contributed by atoms with Crippen molar-refractivity contribution < 1.29 is 27.8 Å². The largest absolute Gasteiger partial charge is 0.450 e. The lowest BCUT2D eigenvalue weighted by atomic mass is 9.85. The number of amides is 2. The zero-order chi connectivity index (χ0) is 21.3. The van der Waals surface area contributed by atoms with E-state index in [0.29, 0.717) is 32.2 Å². The van der Waals surface area contributed by atoms with Crippen molar-refractivity contribution in [2.45, 2.75) is 82.0 Å². The maximum Gasteiger partial charge on any atom is 0.409 e. The highest BCUT2D eigenvalue weighted by Crippen LogP contribution is 2.40. The third-order valence-corrected chi connectivity index (χ3v) is 7.20. The standard InChI is InChI=1S/C21H33F2N3O4/c1-2-29-20(28)25-11-4-15(5-12-25)24-9-6-16(7-10-24)26-17-13-21(22,23)8-3-18(17)30-14-19(26)27/h15-18H,2-14H2,1H3/t17-,18-/m0/s1. The van der Waals surface area contributed by atoms with Gasteiger partial charge in [-0.25, -0.2) is 13.6 Å². The number of hydrogen-bond acceptors (Lipinski definition) is 5. The zero-order valence-electron chi connectivity index (χ0n) is 17.7. The van der Waals surface area contributed by atoms with Crippen molar-refractivity contribution in [1.82, 2.24) is 14.7 Å². The number of likely N-dealkylation sites (tertiary alicyclic amines) is 2. The molecule has 0 spiro atoms. The molecule has 3 heterocycles. The fourth-order valence-electron chi connectivity index (χ4n) is 5.63. The number of carbonyl (C=O) groups excluding carboxylic acids is 2. The Morgan fingerprint density at radius 3 is 2.43 bits per heavy atom. The molecule has 2 atom stereocenters. The lowest BCUT2D eigenvalue weighted by Crippen LogP contribution is -2.63. The normalized spacial score (nSPS) is 31.5. The fraction of sp³-hybridized carbons (Fsp3) is 0.905. The Morgan fingerprint density at radius 2 is 1.77 bits per heavy atom. The Bertz CT molecular complexity index is 634. The van der Waals surface area contributed by atoms with Crippen LogP contribution in [0.4, 0.5) is 13.6 Å². The predicted octanol–water partition coefficient (Wildman–Crippen LogP) is 2.49. The molecule has 0 aromatic carbocycles. The van der Waals surface area contributed by atoms with E-state index in [2.05, 4.69) is 4.90 Å². The third kappa shape index (κ3) is 4.56. The van der Waals surface area contributed by atoms with Crippen molar-refractivity contribution in [1.29, 1.82) is 0 Å². The molecular formula is C21H33F2N3O4. The minimum absolute atomic E-state index is 0.0127. The summed E-state index contributed by atoms with van der Waals surface area (Å²) in [6.45, 7) is 5.32. The van der Waals surface area contributed by atoms with E-state index < -0.39 is 12.0 Å². The van der Waals surface area contributed by atoms with Gasteiger partial charge in [0.25, 0.3) is 0 Å². The first-order valence-corrected chi connectivity index (χ1v) is 11.3. The van der Waals surface area contributed by atoms with Gasteiger partial charge in [0.15, 0.2) is 0 Å². The number of ether oxygens (including phenoxy) is 2. The van der Waals surface area contributed by atoms with E-state index in [1.54, 1.807) is 9.80 Å². The van der Waals surface area contributed by atoms with E-state index in [-0.39, 0.29) is 43.6 Å². The highest BCUT2D eigenvalue weighted by molar-refractivity contribution is 5.79. The highest BCUT2D eigenvalue weighted by Gasteiger charge is 2.50. The molecule has 2 amide bonds. The SMILES string of the molecule is CCOC(=O)N1CCC(N2CCC(N3C(=O)CO[C@H]4CCC(F)(F)C[C@@H]43)CC2)CC1. The van der Waals surface area contributed by atoms with Gasteiger partial charge in [-0.1, -0.05) is 0 Å². The molecule has 4 fully saturated rings. The predicted molar refractivity (Wildman–Crippen MR) is 105 cm³/mol. The molecule has 4 rings (SSSR count). The Labute approximate surface area is 176 Å². The second kappa shape index (κ2) is 8.94. The Hall–Kier alpha value is -1.48. The summed E-state index contributed by atoms with van der Waals surface area (Å²) in [6, 6.07) is -0.0678. The summed E-state index contributed by atoms with van der Waals surface area (Å²) in [7, 11) is 0. The van der Waals surface area contributed by atoms with E-state index in [1.165, 1.54) is 0 Å². The van der Waals surface area contributed by atoms with Crippen LogP contribution in [-0.2, 0) is 14.3 Å². The minimum atomic E-state index is -2.71. The van der Waals surface area contributed by atoms with Crippen LogP contribution in [-0.4, -0.2) is 96.2 Å². The second-order valence-corrected chi connectivity index (χ2v) is 9.00. The number of carbonyl (C=O) groups is 2. The minimum Gasteiger partial charge on any atom is -0.450 e. The van der Waals surface area contributed by atoms with Crippen LogP contribution in [0.15, 0.2) is 0 Å². The molecule has 30 heavy (non-hydrogen) atoms. The molecule has 0 bridgehead atoms. The summed E-state index contributed by atoms with van der Waals surface area (Å²) in [4.78, 5) is 30.4. The van der Waals surface area contributed by atoms with Crippen molar-refractivity contribution in [2.75, 3.05) is 39.4 Å². The van der Waals surface area contributed by atoms with Crippen LogP contribution in [0.2, 0.25) is 0 Å². The van der Waals surface area contributed by atoms with Crippen molar-refractivity contribution >= 4 is 12.0 Å². The number of piperidine rings is 2. The molecule has 3 aliphatic heterocycles. The summed E-state index contributed by atoms with van der Waals surface area (Å²) in [5.74, 6) is -2.86. The molecule has 0 N–H and O–H groups in total. The number of rotatable bonds is 3. The fourth-order valence-corrected chi connectivity index (χ4v) is 5.63. The summed E-state index contributed by atoms with van der Waals surface area (Å²) in [6.07, 6.45) is 2.83. The van der Waals surface area contributed by atoms with Gasteiger partial charge in [-0.15, -0.1) is 0 Å². The maximum atomic E-state index is 14.0. The zero-order valence-corrected chi connectivity index (χ0v) is 17.7. The number of alkyl halides is 2. The second-order valence-electron chi connectivity index (χ2n) is 9.00. The van der Waals surface area contributed by atoms with Crippen molar-refractivity contribution in [3.8, 4) is 0 Å². The highest BCUT2D eigenvalue weighted by atomic mass is 19.3. The first-order chi connectivity index (χ1) is 14.4. The Balaban J connectivity index is 1.31. The third-order valence-electron chi connectivity index (χ3n) is 7.20. The average Bonchev–Trinajstić information content (AvgIpc) is 2.73. The van der Waals surface area contributed by atoms with Gasteiger partial charge in [0.1, 0.15) is 6.61 Å². The molecule has 1 saturated carbocycles. The van der Waals surface area contributed by atoms with Gasteiger partial charge in [0.05, 0.1) is 18.8 Å². The molecule has 0 unspecified atom stereocenters. The number of halogens is 2. The molecule has 3 saturated heterocycles. The van der Waals surface area contributed by atoms with Gasteiger partial charge in [-0.2, -0.15) is 0 Å². The van der Waals surface area contributed by atoms with Gasteiger partial charge < -0.3 is 24.2 Å². The molecule has 7 nitrogen and oxygen atoms in total. The lowest BCUT2D eigenvalue weighted by Gasteiger charge is -2.51. The molecule has 170 valence electrons. The summed E-state index contributed by atoms with van der Waals surface area (Å²) >= 11 is 0. The van der Waals surface area contributed by atoms with Crippen LogP contribution in [0.25, 0.3) is 0 Å². The van der Waals surface area contributed by atoms with E-state index in [9.17, 15) is 18.4 Å². The molecule has 0 aromatic rings. The Kier molecular flexibility index (Phi) is 6.48. The average molecular weight is 430 g/mol. The summed E-state index contributed by atoms with van der Waals surface area (Å²) in [5, 5.41) is 0. The van der Waals surface area contributed by atoms with Gasteiger partial charge in [0.2, 0.25) is 11.8 Å². The van der Waals surface area contributed by atoms with Crippen molar-refractivity contribution in [3.05, 3.63) is 0 Å². The summed E-state index contributed by atoms with van der Waals surface area (Å²) in [5.41, 5.74) is 0. The molecular weight excluding hydrogens is 396 g/mol. The van der Waals surface area contributed by atoms with Gasteiger partial charge in [0, 0.05) is 51.1 Å². The van der Waals surface area contributed by atoms with Crippen molar-refractivity contribution in [2.24, 2.45) is 0 Å². The number of hydrogen-bond donors (Lipinski definition) is 0. The van der Waals surface area contributed by atoms with Gasteiger partial charge in [-0.05, 0) is 39.0 Å². The van der Waals surface area contributed by atoms with Crippen LogP contribution in [0.5, 0.6) is 0 Å². The van der Waals surface area contributed by atoms with Crippen LogP contribution < -0.4 is 0 Å². The molecule has 1 aliphatic carbocycles. The Morgan fingerprint density at radius 1 is 1.10 bits per heavy atom. The maximum absolute atomic E-state index is 14.0. The first kappa shape index (κ1) is 21.7. The monoisotopic (exact) mass is 429 g/mol. The number of fused-ring (bicyclic) bond motifs is 1. The first-order valence-electron chi connectivity index (χ1n) is 11.3. The van der Waals surface area contributed by atoms with E-state index in [0.717, 1.165) is 38.8 Å².